The minimum atomic E-state index is 0.0368. The van der Waals surface area contributed by atoms with Gasteiger partial charge in [0.15, 0.2) is 34.5 Å². The molecule has 0 bridgehead atoms. The number of aromatic nitrogens is 10. The minimum Gasteiger partial charge on any atom is -0.506 e. The Morgan fingerprint density at radius 2 is 0.860 bits per heavy atom. The zero-order valence-corrected chi connectivity index (χ0v) is 63.2. The van der Waals surface area contributed by atoms with E-state index in [4.69, 9.17) is 61.8 Å². The van der Waals surface area contributed by atoms with Gasteiger partial charge >= 0.3 is 0 Å². The molecule has 0 aliphatic carbocycles. The van der Waals surface area contributed by atoms with Crippen LogP contribution in [0.5, 0.6) is 51.9 Å². The van der Waals surface area contributed by atoms with E-state index in [0.717, 1.165) is 201 Å². The first-order valence-electron chi connectivity index (χ1n) is 36.1. The molecule has 0 amide bonds. The molecule has 0 atom stereocenters. The maximum atomic E-state index is 9.47. The number of hydrogen-bond acceptors (Lipinski definition) is 25. The fourth-order valence-electron chi connectivity index (χ4n) is 12.4. The maximum absolute atomic E-state index is 9.47. The Balaban J connectivity index is 0.000000160. The first kappa shape index (κ1) is 81.7. The van der Waals surface area contributed by atoms with Crippen molar-refractivity contribution in [3.8, 4) is 51.9 Å². The van der Waals surface area contributed by atoms with Gasteiger partial charge in [-0.1, -0.05) is 47.5 Å². The second-order valence-electron chi connectivity index (χ2n) is 25.5. The number of phenolic OH excluding ortho intramolecular Hbond substituents is 1. The van der Waals surface area contributed by atoms with Crippen molar-refractivity contribution in [1.29, 1.82) is 0 Å². The number of fused-ring (bicyclic) bond motifs is 5. The molecule has 0 radical (unpaired) electrons. The molecular weight excluding hydrogens is 1400 g/mol. The molecule has 10 aromatic rings. The number of piperazine rings is 4. The Kier molecular flexibility index (Phi) is 33.6. The van der Waals surface area contributed by atoms with E-state index in [2.05, 4.69) is 116 Å². The summed E-state index contributed by atoms with van der Waals surface area (Å²) in [4.78, 5) is 56.1. The zero-order valence-electron chi connectivity index (χ0n) is 61.7. The van der Waals surface area contributed by atoms with Crippen LogP contribution in [-0.4, -0.2) is 291 Å². The molecule has 0 unspecified atom stereocenters. The number of nitrogens with one attached hydrogen (secondary N) is 3. The van der Waals surface area contributed by atoms with E-state index < -0.39 is 0 Å². The number of aliphatic hydroxyl groups excluding tert-OH is 1. The molecule has 7 aromatic heterocycles. The summed E-state index contributed by atoms with van der Waals surface area (Å²) in [6.07, 6.45) is 21.7. The molecule has 572 valence electrons. The SMILES string of the molecule is C=CCN1CCN(CCCO)CC1.C=CCN1CCN(CCCOc2cc3ncnc(Cl)c3cc2OC)CC1.C=CCN1CCN(CCCOc2cc3ncnc(Oc4cnc5[nH]ccc5c4)c3cc2OC)CC1.C=CCN1CCNCC1.COc1cc2c(Cl)ncnc2cc1O.Oc1cnc2[nH]ccc2c1. The van der Waals surface area contributed by atoms with Crippen molar-refractivity contribution in [1.82, 2.24) is 89.5 Å². The third-order valence-electron chi connectivity index (χ3n) is 18.2. The van der Waals surface area contributed by atoms with Gasteiger partial charge in [0.1, 0.15) is 52.1 Å². The van der Waals surface area contributed by atoms with E-state index in [9.17, 15) is 5.11 Å². The third-order valence-corrected chi connectivity index (χ3v) is 18.8. The molecule has 107 heavy (non-hydrogen) atoms. The van der Waals surface area contributed by atoms with Gasteiger partial charge in [-0.05, 0) is 61.7 Å². The lowest BCUT2D eigenvalue weighted by Crippen LogP contribution is -2.46. The molecule has 27 nitrogen and oxygen atoms in total. The molecule has 6 N–H and O–H groups in total. The third kappa shape index (κ3) is 25.4. The Bertz CT molecular complexity index is 4370. The molecule has 4 aliphatic heterocycles. The quantitative estimate of drug-likeness (QED) is 0.0167. The summed E-state index contributed by atoms with van der Waals surface area (Å²) >= 11 is 12.0. The van der Waals surface area contributed by atoms with Crippen molar-refractivity contribution in [2.75, 3.05) is 192 Å². The summed E-state index contributed by atoms with van der Waals surface area (Å²) < 4.78 is 34.1. The predicted octanol–water partition coefficient (Wildman–Crippen LogP) is 10.3. The summed E-state index contributed by atoms with van der Waals surface area (Å²) in [5.74, 6) is 4.24. The van der Waals surface area contributed by atoms with Gasteiger partial charge in [0.2, 0.25) is 5.88 Å². The van der Waals surface area contributed by atoms with Crippen molar-refractivity contribution in [3.63, 3.8) is 0 Å². The van der Waals surface area contributed by atoms with Gasteiger partial charge in [-0.3, -0.25) is 19.6 Å². The lowest BCUT2D eigenvalue weighted by molar-refractivity contribution is 0.133. The van der Waals surface area contributed by atoms with Gasteiger partial charge in [-0.15, -0.1) is 26.3 Å². The van der Waals surface area contributed by atoms with Crippen molar-refractivity contribution in [2.45, 2.75) is 19.3 Å². The molecular formula is C78H102Cl2N18O9. The zero-order chi connectivity index (χ0) is 75.5. The first-order valence-corrected chi connectivity index (χ1v) is 36.9. The number of pyridine rings is 2. The molecule has 4 fully saturated rings. The average molecular weight is 1510 g/mol. The maximum Gasteiger partial charge on any atom is 0.230 e. The topological polar surface area (TPSA) is 285 Å². The number of methoxy groups -OCH3 is 3. The summed E-state index contributed by atoms with van der Waals surface area (Å²) in [6, 6.07) is 17.9. The highest BCUT2D eigenvalue weighted by Crippen LogP contribution is 2.38. The predicted molar refractivity (Wildman–Crippen MR) is 425 cm³/mol. The Morgan fingerprint density at radius 1 is 0.449 bits per heavy atom. The van der Waals surface area contributed by atoms with Gasteiger partial charge in [0.25, 0.3) is 0 Å². The van der Waals surface area contributed by atoms with Crippen LogP contribution in [0.15, 0.2) is 155 Å². The highest BCUT2D eigenvalue weighted by atomic mass is 35.5. The van der Waals surface area contributed by atoms with Crippen LogP contribution in [0.25, 0.3) is 54.8 Å². The summed E-state index contributed by atoms with van der Waals surface area (Å²) in [5.41, 5.74) is 3.67. The van der Waals surface area contributed by atoms with Crippen LogP contribution >= 0.6 is 23.2 Å². The molecule has 0 spiro atoms. The largest absolute Gasteiger partial charge is 0.506 e. The molecule has 0 saturated carbocycles. The van der Waals surface area contributed by atoms with Gasteiger partial charge in [-0.25, -0.2) is 39.9 Å². The Morgan fingerprint density at radius 3 is 1.34 bits per heavy atom. The number of halogens is 2. The number of aromatic amines is 2. The Hall–Kier alpha value is -9.36. The van der Waals surface area contributed by atoms with Crippen LogP contribution in [0, 0.1) is 0 Å². The van der Waals surface area contributed by atoms with Gasteiger partial charge in [0, 0.05) is 209 Å². The van der Waals surface area contributed by atoms with Crippen LogP contribution in [0.1, 0.15) is 19.3 Å². The van der Waals surface area contributed by atoms with E-state index >= 15 is 0 Å². The molecule has 29 heteroatoms. The van der Waals surface area contributed by atoms with Crippen LogP contribution in [0.3, 0.4) is 0 Å². The number of rotatable bonds is 26. The fourth-order valence-corrected chi connectivity index (χ4v) is 12.8. The molecule has 4 aliphatic rings. The number of aromatic hydroxyl groups is 2. The summed E-state index contributed by atoms with van der Waals surface area (Å²) in [7, 11) is 4.72. The first-order chi connectivity index (χ1) is 52.3. The Labute approximate surface area is 636 Å². The number of benzene rings is 3. The van der Waals surface area contributed by atoms with Crippen molar-refractivity contribution in [2.24, 2.45) is 0 Å². The summed E-state index contributed by atoms with van der Waals surface area (Å²) in [6.45, 7) is 41.6. The van der Waals surface area contributed by atoms with E-state index in [-0.39, 0.29) is 11.5 Å². The van der Waals surface area contributed by atoms with Crippen LogP contribution < -0.4 is 33.7 Å². The van der Waals surface area contributed by atoms with Crippen molar-refractivity contribution >= 4 is 78.0 Å². The van der Waals surface area contributed by atoms with Gasteiger partial charge < -0.3 is 73.7 Å². The minimum absolute atomic E-state index is 0.0368. The number of nitrogens with zero attached hydrogens (tertiary/aromatic N) is 15. The monoisotopic (exact) mass is 1500 g/mol. The highest BCUT2D eigenvalue weighted by Gasteiger charge is 2.20. The highest BCUT2D eigenvalue weighted by molar-refractivity contribution is 6.34. The number of aliphatic hydroxyl groups is 1. The molecule has 11 heterocycles. The second kappa shape index (κ2) is 44.1. The van der Waals surface area contributed by atoms with E-state index in [0.29, 0.717) is 81.4 Å². The van der Waals surface area contributed by atoms with Crippen LogP contribution in [0.2, 0.25) is 10.3 Å². The van der Waals surface area contributed by atoms with E-state index in [1.807, 2.05) is 73.0 Å². The molecule has 4 saturated heterocycles. The molecule has 3 aromatic carbocycles. The van der Waals surface area contributed by atoms with Gasteiger partial charge in [-0.2, -0.15) is 0 Å². The van der Waals surface area contributed by atoms with E-state index in [1.165, 1.54) is 51.4 Å². The number of phenols is 1. The van der Waals surface area contributed by atoms with Crippen molar-refractivity contribution < 1.29 is 43.7 Å². The van der Waals surface area contributed by atoms with E-state index in [1.54, 1.807) is 38.7 Å². The van der Waals surface area contributed by atoms with Crippen molar-refractivity contribution in [3.05, 3.63) is 165 Å². The number of ether oxygens (including phenoxy) is 6. The smallest absolute Gasteiger partial charge is 0.230 e. The normalized spacial score (nSPS) is 15.4. The summed E-state index contributed by atoms with van der Waals surface area (Å²) in [5, 5.41) is 35.2. The van der Waals surface area contributed by atoms with Gasteiger partial charge in [0.05, 0.1) is 68.9 Å². The second-order valence-corrected chi connectivity index (χ2v) is 26.2. The fraction of sp³-hybridized carbons (Fsp3) is 0.410. The molecule has 14 rings (SSSR count). The number of hydrogen-bond donors (Lipinski definition) is 6. The lowest BCUT2D eigenvalue weighted by Gasteiger charge is -2.34. The van der Waals surface area contributed by atoms with Crippen LogP contribution in [-0.2, 0) is 0 Å². The standard InChI is InChI=1S/C26H30N6O3.C19H25ClN4O2.C10H20N2O.C9H7ClN2O2.C7H6N2O.C7H14N2/c1-3-7-31-9-11-32(12-10-31)8-4-13-34-24-16-22-21(15-23(24)33-2)26(30-18-29-22)35-20-14-19-5-6-27-25(19)28-17-20;1-3-5-23-7-9-24(10-8-23)6-4-11-26-18-13-16-15(12-17(18)25-2)19(20)22-14-21-16;1-2-4-11-6-8-12(9-7-11)5-3-10-13;1-14-8-2-5-6(3-7(8)13)11-4-12-9(5)10;10-6-3-5-1-2-8-7(5)9-4-6;1-2-5-9-6-3-8-4-7-9/h3,5-6,14-18H,1,4,7-13H2,2H3,(H,27,28);3,12-14H,1,4-11H2,2H3;2,13H,1,3-10H2;2-4,13H,1H3;1-4,10H,(H,8,9);2,8H,1,3-7H2. The van der Waals surface area contributed by atoms with Crippen LogP contribution in [0.4, 0.5) is 0 Å². The number of H-pyrrole nitrogens is 2. The lowest BCUT2D eigenvalue weighted by atomic mass is 10.2. The average Bonchev–Trinajstić information content (AvgIpc) is 1.56.